The molecule has 0 aromatic rings. The molecule has 0 aliphatic carbocycles. The van der Waals surface area contributed by atoms with Crippen molar-refractivity contribution in [1.29, 1.82) is 0 Å². The number of carbonyl (C=O) groups excluding carboxylic acids is 1. The summed E-state index contributed by atoms with van der Waals surface area (Å²) in [5.74, 6) is 0.989. The molecule has 0 spiro atoms. The summed E-state index contributed by atoms with van der Waals surface area (Å²) in [6.45, 7) is 5.00. The number of nitrogens with zero attached hydrogens (tertiary/aromatic N) is 1. The van der Waals surface area contributed by atoms with Crippen LogP contribution in [-0.4, -0.2) is 31.3 Å². The molecule has 2 heteroatoms. The third kappa shape index (κ3) is 7.73. The van der Waals surface area contributed by atoms with Crippen molar-refractivity contribution in [1.82, 2.24) is 4.90 Å². The first-order chi connectivity index (χ1) is 5.52. The maximum Gasteiger partial charge on any atom is 0.129 e. The molecule has 0 heterocycles. The van der Waals surface area contributed by atoms with E-state index in [2.05, 4.69) is 25.9 Å². The Morgan fingerprint density at radius 3 is 2.33 bits per heavy atom. The third-order valence-electron chi connectivity index (χ3n) is 2.06. The zero-order chi connectivity index (χ0) is 9.56. The summed E-state index contributed by atoms with van der Waals surface area (Å²) < 4.78 is 0. The largest absolute Gasteiger partial charge is 0.309 e. The first kappa shape index (κ1) is 11.6. The highest BCUT2D eigenvalue weighted by molar-refractivity contribution is 5.75. The van der Waals surface area contributed by atoms with Gasteiger partial charge in [-0.25, -0.2) is 0 Å². The van der Waals surface area contributed by atoms with Crippen molar-refractivity contribution in [3.63, 3.8) is 0 Å². The second-order valence-corrected chi connectivity index (χ2v) is 3.94. The molecule has 1 unspecified atom stereocenters. The smallest absolute Gasteiger partial charge is 0.129 e. The molecule has 0 fully saturated rings. The van der Waals surface area contributed by atoms with Crippen LogP contribution >= 0.6 is 0 Å². The third-order valence-corrected chi connectivity index (χ3v) is 2.06. The van der Waals surface area contributed by atoms with Gasteiger partial charge in [-0.2, -0.15) is 0 Å². The van der Waals surface area contributed by atoms with Gasteiger partial charge in [-0.05, 0) is 46.3 Å². The van der Waals surface area contributed by atoms with E-state index < -0.39 is 0 Å². The Balaban J connectivity index is 3.33. The molecular weight excluding hydrogens is 150 g/mol. The molecule has 0 aliphatic heterocycles. The number of carbonyl (C=O) groups is 1. The van der Waals surface area contributed by atoms with Crippen molar-refractivity contribution in [3.8, 4) is 0 Å². The van der Waals surface area contributed by atoms with E-state index in [1.807, 2.05) is 0 Å². The maximum atomic E-state index is 10.7. The molecule has 2 nitrogen and oxygen atoms in total. The van der Waals surface area contributed by atoms with Crippen LogP contribution in [0.15, 0.2) is 0 Å². The average molecular weight is 171 g/mol. The minimum atomic E-state index is 0.312. The first-order valence-corrected chi connectivity index (χ1v) is 4.66. The minimum Gasteiger partial charge on any atom is -0.309 e. The van der Waals surface area contributed by atoms with Gasteiger partial charge in [0.1, 0.15) is 5.78 Å². The summed E-state index contributed by atoms with van der Waals surface area (Å²) in [5.41, 5.74) is 0. The summed E-state index contributed by atoms with van der Waals surface area (Å²) in [6.07, 6.45) is 2.98. The Morgan fingerprint density at radius 1 is 1.33 bits per heavy atom. The summed E-state index contributed by atoms with van der Waals surface area (Å²) in [6, 6.07) is 0. The predicted octanol–water partition coefficient (Wildman–Crippen LogP) is 1.94. The van der Waals surface area contributed by atoms with Crippen LogP contribution < -0.4 is 0 Å². The van der Waals surface area contributed by atoms with Crippen molar-refractivity contribution in [2.24, 2.45) is 5.92 Å². The Bertz CT molecular complexity index is 132. The van der Waals surface area contributed by atoms with Gasteiger partial charge in [-0.1, -0.05) is 6.92 Å². The van der Waals surface area contributed by atoms with Crippen LogP contribution in [0, 0.1) is 5.92 Å². The molecule has 0 amide bonds. The zero-order valence-corrected chi connectivity index (χ0v) is 8.76. The predicted molar refractivity (Wildman–Crippen MR) is 52.3 cm³/mol. The van der Waals surface area contributed by atoms with Gasteiger partial charge < -0.3 is 9.69 Å². The van der Waals surface area contributed by atoms with Crippen LogP contribution in [0.25, 0.3) is 0 Å². The van der Waals surface area contributed by atoms with Crippen LogP contribution in [0.2, 0.25) is 0 Å². The second kappa shape index (κ2) is 6.18. The highest BCUT2D eigenvalue weighted by Crippen LogP contribution is 2.10. The normalized spacial score (nSPS) is 13.4. The number of hydrogen-bond donors (Lipinski definition) is 0. The molecule has 0 N–H and O–H groups in total. The van der Waals surface area contributed by atoms with Crippen molar-refractivity contribution in [2.75, 3.05) is 20.6 Å². The molecule has 72 valence electrons. The van der Waals surface area contributed by atoms with Gasteiger partial charge in [-0.3, -0.25) is 0 Å². The summed E-state index contributed by atoms with van der Waals surface area (Å²) in [5, 5.41) is 0. The summed E-state index contributed by atoms with van der Waals surface area (Å²) >= 11 is 0. The van der Waals surface area contributed by atoms with Crippen LogP contribution in [-0.2, 0) is 4.79 Å². The zero-order valence-electron chi connectivity index (χ0n) is 8.76. The lowest BCUT2D eigenvalue weighted by Crippen LogP contribution is -2.15. The Labute approximate surface area is 75.9 Å². The van der Waals surface area contributed by atoms with Gasteiger partial charge in [-0.15, -0.1) is 0 Å². The van der Waals surface area contributed by atoms with E-state index in [1.54, 1.807) is 6.92 Å². The molecule has 12 heavy (non-hydrogen) atoms. The fourth-order valence-electron chi connectivity index (χ4n) is 1.07. The molecular formula is C10H21NO. The quantitative estimate of drug-likeness (QED) is 0.608. The number of rotatable bonds is 6. The van der Waals surface area contributed by atoms with Crippen molar-refractivity contribution >= 4 is 5.78 Å². The van der Waals surface area contributed by atoms with E-state index in [9.17, 15) is 4.79 Å². The summed E-state index contributed by atoms with van der Waals surface area (Å²) in [4.78, 5) is 12.9. The van der Waals surface area contributed by atoms with Crippen molar-refractivity contribution in [3.05, 3.63) is 0 Å². The molecule has 1 atom stereocenters. The van der Waals surface area contributed by atoms with E-state index in [4.69, 9.17) is 0 Å². The fraction of sp³-hybridized carbons (Fsp3) is 0.900. The van der Waals surface area contributed by atoms with Crippen molar-refractivity contribution < 1.29 is 4.79 Å². The first-order valence-electron chi connectivity index (χ1n) is 4.66. The molecule has 0 saturated heterocycles. The van der Waals surface area contributed by atoms with Crippen LogP contribution in [0.4, 0.5) is 0 Å². The molecule has 0 saturated carbocycles. The van der Waals surface area contributed by atoms with Crippen molar-refractivity contribution in [2.45, 2.75) is 33.1 Å². The van der Waals surface area contributed by atoms with Crippen LogP contribution in [0.5, 0.6) is 0 Å². The number of ketones is 1. The van der Waals surface area contributed by atoms with Gasteiger partial charge in [0.15, 0.2) is 0 Å². The summed E-state index contributed by atoms with van der Waals surface area (Å²) in [7, 11) is 4.16. The van der Waals surface area contributed by atoms with Crippen LogP contribution in [0.1, 0.15) is 33.1 Å². The van der Waals surface area contributed by atoms with Gasteiger partial charge in [0, 0.05) is 6.42 Å². The van der Waals surface area contributed by atoms with E-state index in [0.29, 0.717) is 11.7 Å². The van der Waals surface area contributed by atoms with Gasteiger partial charge >= 0.3 is 0 Å². The number of hydrogen-bond acceptors (Lipinski definition) is 2. The molecule has 0 aliphatic rings. The van der Waals surface area contributed by atoms with Gasteiger partial charge in [0.2, 0.25) is 0 Å². The molecule has 0 bridgehead atoms. The maximum absolute atomic E-state index is 10.7. The Hall–Kier alpha value is -0.370. The lowest BCUT2D eigenvalue weighted by Gasteiger charge is -2.14. The van der Waals surface area contributed by atoms with E-state index >= 15 is 0 Å². The standard InChI is InChI=1S/C10H21NO/c1-9(5-6-10(2)12)7-8-11(3)4/h9H,5-8H2,1-4H3. The fourth-order valence-corrected chi connectivity index (χ4v) is 1.07. The molecule has 0 rings (SSSR count). The van der Waals surface area contributed by atoms with Crippen LogP contribution in [0.3, 0.4) is 0 Å². The monoisotopic (exact) mass is 171 g/mol. The molecule has 0 aromatic heterocycles. The highest BCUT2D eigenvalue weighted by Gasteiger charge is 2.03. The Kier molecular flexibility index (Phi) is 5.99. The van der Waals surface area contributed by atoms with E-state index in [0.717, 1.165) is 19.4 Å². The van der Waals surface area contributed by atoms with E-state index in [-0.39, 0.29) is 0 Å². The Morgan fingerprint density at radius 2 is 1.92 bits per heavy atom. The minimum absolute atomic E-state index is 0.312. The SMILES string of the molecule is CC(=O)CCC(C)CCN(C)C. The van der Waals surface area contributed by atoms with Gasteiger partial charge in [0.25, 0.3) is 0 Å². The lowest BCUT2D eigenvalue weighted by molar-refractivity contribution is -0.117. The highest BCUT2D eigenvalue weighted by atomic mass is 16.1. The van der Waals surface area contributed by atoms with Gasteiger partial charge in [0.05, 0.1) is 0 Å². The average Bonchev–Trinajstić information content (AvgIpc) is 1.96. The second-order valence-electron chi connectivity index (χ2n) is 3.94. The number of Topliss-reactive ketones (excluding diaryl/α,β-unsaturated/α-hetero) is 1. The molecule has 0 aromatic carbocycles. The lowest BCUT2D eigenvalue weighted by atomic mass is 10.0. The van der Waals surface area contributed by atoms with E-state index in [1.165, 1.54) is 6.42 Å². The molecule has 0 radical (unpaired) electrons. The topological polar surface area (TPSA) is 20.3 Å².